The van der Waals surface area contributed by atoms with Gasteiger partial charge in [-0.3, -0.25) is 0 Å². The van der Waals surface area contributed by atoms with Crippen LogP contribution in [0.15, 0.2) is 32.5 Å². The number of hydrogen-bond acceptors (Lipinski definition) is 9. The van der Waals surface area contributed by atoms with Gasteiger partial charge in [-0.2, -0.15) is 0 Å². The van der Waals surface area contributed by atoms with Gasteiger partial charge < -0.3 is 30.6 Å². The van der Waals surface area contributed by atoms with Crippen molar-refractivity contribution in [1.29, 1.82) is 5.41 Å². The zero-order chi connectivity index (χ0) is 24.1. The molecule has 2 atom stereocenters. The minimum atomic E-state index is -0.440. The van der Waals surface area contributed by atoms with E-state index in [1.165, 1.54) is 7.11 Å². The van der Waals surface area contributed by atoms with Crippen molar-refractivity contribution >= 4 is 23.1 Å². The lowest BCUT2D eigenvalue weighted by molar-refractivity contribution is 0.393. The Bertz CT molecular complexity index is 1250. The molecule has 1 saturated carbocycles. The Morgan fingerprint density at radius 2 is 2.06 bits per heavy atom. The lowest BCUT2D eigenvalue weighted by atomic mass is 9.92. The third kappa shape index (κ3) is 3.63. The Morgan fingerprint density at radius 1 is 1.29 bits per heavy atom. The van der Waals surface area contributed by atoms with Crippen LogP contribution >= 0.6 is 0 Å². The first-order valence-electron chi connectivity index (χ1n) is 11.3. The summed E-state index contributed by atoms with van der Waals surface area (Å²) in [6, 6.07) is 1.83. The van der Waals surface area contributed by atoms with Crippen LogP contribution in [0.5, 0.6) is 5.75 Å². The highest BCUT2D eigenvalue weighted by atomic mass is 19.1. The van der Waals surface area contributed by atoms with Crippen LogP contribution in [-0.4, -0.2) is 42.9 Å². The number of nitrogens with zero attached hydrogens (tertiary/aromatic N) is 3. The molecule has 2 unspecified atom stereocenters. The molecule has 178 valence electrons. The number of allylic oxidation sites excluding steroid dienone is 1. The van der Waals surface area contributed by atoms with Crippen LogP contribution in [0, 0.1) is 31.0 Å². The number of anilines is 1. The molecule has 2 aromatic rings. The van der Waals surface area contributed by atoms with Crippen LogP contribution in [0.25, 0.3) is 11.1 Å². The predicted molar refractivity (Wildman–Crippen MR) is 129 cm³/mol. The summed E-state index contributed by atoms with van der Waals surface area (Å²) in [7, 11) is 3.31. The first kappa shape index (κ1) is 22.1. The van der Waals surface area contributed by atoms with Crippen molar-refractivity contribution in [2.75, 3.05) is 19.5 Å². The smallest absolute Gasteiger partial charge is 0.158 e. The maximum atomic E-state index is 16.0. The summed E-state index contributed by atoms with van der Waals surface area (Å²) in [5.41, 5.74) is 3.12. The zero-order valence-electron chi connectivity index (χ0n) is 19.8. The van der Waals surface area contributed by atoms with Gasteiger partial charge in [-0.15, -0.1) is 0 Å². The van der Waals surface area contributed by atoms with Gasteiger partial charge in [0, 0.05) is 18.7 Å². The molecule has 0 spiro atoms. The first-order valence-corrected chi connectivity index (χ1v) is 11.3. The second-order valence-electron chi connectivity index (χ2n) is 8.83. The van der Waals surface area contributed by atoms with Gasteiger partial charge in [0.05, 0.1) is 35.5 Å². The van der Waals surface area contributed by atoms with E-state index in [1.807, 2.05) is 13.0 Å². The van der Waals surface area contributed by atoms with E-state index in [2.05, 4.69) is 31.1 Å². The van der Waals surface area contributed by atoms with Gasteiger partial charge in [0.2, 0.25) is 0 Å². The predicted octanol–water partition coefficient (Wildman–Crippen LogP) is 3.85. The molecule has 5 rings (SSSR count). The Labute approximate surface area is 197 Å². The topological polar surface area (TPSA) is 120 Å². The lowest BCUT2D eigenvalue weighted by Gasteiger charge is -2.25. The summed E-state index contributed by atoms with van der Waals surface area (Å²) < 4.78 is 26.9. The number of aliphatic imine (C=N–C) groups is 2. The van der Waals surface area contributed by atoms with Gasteiger partial charge >= 0.3 is 0 Å². The number of nitrogens with one attached hydrogen (secondary N) is 4. The van der Waals surface area contributed by atoms with E-state index < -0.39 is 12.0 Å². The minimum Gasteiger partial charge on any atom is -0.496 e. The number of amidine groups is 2. The minimum absolute atomic E-state index is 0.310. The lowest BCUT2D eigenvalue weighted by Crippen LogP contribution is -2.40. The number of aryl methyl sites for hydroxylation is 2. The van der Waals surface area contributed by atoms with Crippen LogP contribution < -0.4 is 20.7 Å². The molecule has 2 aliphatic heterocycles. The Morgan fingerprint density at radius 3 is 2.68 bits per heavy atom. The van der Waals surface area contributed by atoms with Crippen LogP contribution in [-0.2, 0) is 0 Å². The van der Waals surface area contributed by atoms with Crippen molar-refractivity contribution < 1.29 is 13.7 Å². The average molecular weight is 466 g/mol. The van der Waals surface area contributed by atoms with Crippen LogP contribution in [0.3, 0.4) is 0 Å². The molecule has 0 amide bonds. The maximum absolute atomic E-state index is 16.0. The quantitative estimate of drug-likeness (QED) is 0.481. The van der Waals surface area contributed by atoms with Crippen LogP contribution in [0.2, 0.25) is 0 Å². The van der Waals surface area contributed by atoms with Gasteiger partial charge in [0.15, 0.2) is 5.82 Å². The van der Waals surface area contributed by atoms with Gasteiger partial charge in [-0.25, -0.2) is 14.4 Å². The van der Waals surface area contributed by atoms with E-state index in [1.54, 1.807) is 27.0 Å². The number of methoxy groups -OCH3 is 1. The molecule has 3 heterocycles. The summed E-state index contributed by atoms with van der Waals surface area (Å²) in [4.78, 5) is 9.26. The van der Waals surface area contributed by atoms with Gasteiger partial charge in [-0.05, 0) is 51.3 Å². The highest BCUT2D eigenvalue weighted by Crippen LogP contribution is 2.48. The number of fused-ring (bicyclic) bond motifs is 3. The molecule has 1 aromatic heterocycles. The highest BCUT2D eigenvalue weighted by Gasteiger charge is 2.42. The van der Waals surface area contributed by atoms with Crippen molar-refractivity contribution in [2.45, 2.75) is 45.7 Å². The molecule has 4 N–H and O–H groups in total. The van der Waals surface area contributed by atoms with Crippen LogP contribution in [0.1, 0.15) is 42.7 Å². The second-order valence-corrected chi connectivity index (χ2v) is 8.83. The molecule has 10 heteroatoms. The standard InChI is InChI=1S/C24H28FN7O2/c1-10-18(11(2)34-32-10)20-16(33-5)8-14-19-23(30-17(27-4)9-15(26)13-6-7-13)28-12(3)29-24(19)31-22(14)21(20)25/h8-9,13,19,24,26-27,31H,6-7H2,1-5H3,(H,28,29,30)/b17-9+,26-15?. The summed E-state index contributed by atoms with van der Waals surface area (Å²) in [6.45, 7) is 5.34. The Kier molecular flexibility index (Phi) is 5.38. The third-order valence-electron chi connectivity index (χ3n) is 6.46. The monoisotopic (exact) mass is 465 g/mol. The Balaban J connectivity index is 1.57. The Hall–Kier alpha value is -3.69. The number of aromatic nitrogens is 1. The fourth-order valence-electron chi connectivity index (χ4n) is 4.63. The molecular weight excluding hydrogens is 437 g/mol. The van der Waals surface area contributed by atoms with E-state index >= 15 is 4.39 Å². The molecular formula is C24H28FN7O2. The van der Waals surface area contributed by atoms with Crippen LogP contribution in [0.4, 0.5) is 10.1 Å². The van der Waals surface area contributed by atoms with Crippen molar-refractivity contribution in [3.8, 4) is 16.9 Å². The van der Waals surface area contributed by atoms with E-state index in [0.717, 1.165) is 12.8 Å². The normalized spacial score (nSPS) is 21.2. The molecule has 1 aliphatic carbocycles. The van der Waals surface area contributed by atoms with Crippen molar-refractivity contribution in [1.82, 2.24) is 15.8 Å². The summed E-state index contributed by atoms with van der Waals surface area (Å²) in [5, 5.41) is 21.9. The number of hydrogen-bond donors (Lipinski definition) is 4. The third-order valence-corrected chi connectivity index (χ3v) is 6.46. The molecule has 0 saturated heterocycles. The van der Waals surface area contributed by atoms with Gasteiger partial charge in [0.1, 0.15) is 35.2 Å². The SMILES string of the molecule is CN/C(=C\C(=N)C1CC1)NC1=NC(C)=NC2Nc3c(cc(OC)c(-c4c(C)noc4C)c3F)C12. The van der Waals surface area contributed by atoms with E-state index in [9.17, 15) is 0 Å². The molecule has 0 radical (unpaired) electrons. The molecule has 0 bridgehead atoms. The largest absolute Gasteiger partial charge is 0.496 e. The highest BCUT2D eigenvalue weighted by molar-refractivity contribution is 6.05. The van der Waals surface area contributed by atoms with Gasteiger partial charge in [0.25, 0.3) is 0 Å². The fourth-order valence-corrected chi connectivity index (χ4v) is 4.63. The molecule has 3 aliphatic rings. The molecule has 34 heavy (non-hydrogen) atoms. The average Bonchev–Trinajstić information content (AvgIpc) is 3.52. The fraction of sp³-hybridized carbons (Fsp3) is 0.417. The van der Waals surface area contributed by atoms with Crippen molar-refractivity contribution in [3.05, 3.63) is 40.8 Å². The number of halogens is 1. The van der Waals surface area contributed by atoms with Gasteiger partial charge in [-0.1, -0.05) is 5.16 Å². The molecule has 9 nitrogen and oxygen atoms in total. The molecule has 1 fully saturated rings. The zero-order valence-corrected chi connectivity index (χ0v) is 19.8. The number of benzene rings is 1. The maximum Gasteiger partial charge on any atom is 0.158 e. The summed E-state index contributed by atoms with van der Waals surface area (Å²) in [6.07, 6.45) is 3.47. The molecule has 1 aromatic carbocycles. The second kappa shape index (κ2) is 8.27. The van der Waals surface area contributed by atoms with E-state index in [0.29, 0.717) is 68.7 Å². The summed E-state index contributed by atoms with van der Waals surface area (Å²) in [5.74, 6) is 2.30. The first-order chi connectivity index (χ1) is 16.3. The number of ether oxygens (including phenoxy) is 1. The summed E-state index contributed by atoms with van der Waals surface area (Å²) >= 11 is 0. The number of rotatable bonds is 6. The van der Waals surface area contributed by atoms with Crippen molar-refractivity contribution in [3.63, 3.8) is 0 Å². The van der Waals surface area contributed by atoms with E-state index in [4.69, 9.17) is 14.7 Å². The van der Waals surface area contributed by atoms with E-state index in [-0.39, 0.29) is 5.92 Å². The van der Waals surface area contributed by atoms with Crippen molar-refractivity contribution in [2.24, 2.45) is 15.9 Å².